The van der Waals surface area contributed by atoms with Crippen LogP contribution in [-0.4, -0.2) is 11.6 Å². The Bertz CT molecular complexity index is 856. The maximum Gasteiger partial charge on any atom is 0.171 e. The van der Waals surface area contributed by atoms with Gasteiger partial charge in [-0.1, -0.05) is 42.5 Å². The molecule has 0 amide bonds. The van der Waals surface area contributed by atoms with Crippen molar-refractivity contribution >= 4 is 22.9 Å². The fourth-order valence-corrected chi connectivity index (χ4v) is 2.53. The van der Waals surface area contributed by atoms with E-state index in [9.17, 15) is 14.0 Å². The van der Waals surface area contributed by atoms with Gasteiger partial charge in [0.1, 0.15) is 5.82 Å². The molecule has 0 radical (unpaired) electrons. The van der Waals surface area contributed by atoms with Crippen LogP contribution in [0, 0.1) is 5.82 Å². The Balaban J connectivity index is 0.000000150. The van der Waals surface area contributed by atoms with Gasteiger partial charge in [0, 0.05) is 22.5 Å². The molecule has 3 aromatic rings. The first kappa shape index (κ1) is 16.6. The first-order valence-electron chi connectivity index (χ1n) is 7.86. The van der Waals surface area contributed by atoms with Crippen molar-refractivity contribution < 1.29 is 14.0 Å². The number of carbonyl (C=O) groups is 2. The lowest BCUT2D eigenvalue weighted by Gasteiger charge is -2.05. The quantitative estimate of drug-likeness (QED) is 0.669. The molecule has 0 heterocycles. The van der Waals surface area contributed by atoms with Crippen molar-refractivity contribution in [2.75, 3.05) is 5.32 Å². The molecule has 0 unspecified atom stereocenters. The molecule has 3 aromatic carbocycles. The van der Waals surface area contributed by atoms with E-state index in [-0.39, 0.29) is 23.8 Å². The van der Waals surface area contributed by atoms with E-state index >= 15 is 0 Å². The topological polar surface area (TPSA) is 46.2 Å². The lowest BCUT2D eigenvalue weighted by Crippen LogP contribution is -1.90. The maximum absolute atomic E-state index is 12.6. The maximum atomic E-state index is 12.6. The summed E-state index contributed by atoms with van der Waals surface area (Å²) in [6, 6.07) is 23.0. The first-order chi connectivity index (χ1) is 12.1. The van der Waals surface area contributed by atoms with Crippen LogP contribution >= 0.6 is 0 Å². The van der Waals surface area contributed by atoms with Crippen LogP contribution in [0.1, 0.15) is 27.1 Å². The molecule has 0 spiro atoms. The summed E-state index contributed by atoms with van der Waals surface area (Å²) < 4.78 is 12.6. The molecule has 1 aliphatic carbocycles. The minimum absolute atomic E-state index is 0.0504. The van der Waals surface area contributed by atoms with E-state index in [1.165, 1.54) is 12.1 Å². The van der Waals surface area contributed by atoms with E-state index in [1.807, 2.05) is 30.3 Å². The summed E-state index contributed by atoms with van der Waals surface area (Å²) >= 11 is 0. The minimum atomic E-state index is -0.219. The molecule has 4 rings (SSSR count). The van der Waals surface area contributed by atoms with Gasteiger partial charge >= 0.3 is 0 Å². The molecule has 0 saturated heterocycles. The summed E-state index contributed by atoms with van der Waals surface area (Å²) in [6.07, 6.45) is 0.0549. The van der Waals surface area contributed by atoms with E-state index in [2.05, 4.69) is 5.32 Å². The molecule has 1 aliphatic rings. The van der Waals surface area contributed by atoms with E-state index in [1.54, 1.807) is 36.4 Å². The second-order valence-electron chi connectivity index (χ2n) is 5.57. The van der Waals surface area contributed by atoms with Gasteiger partial charge in [-0.05, 0) is 36.4 Å². The summed E-state index contributed by atoms with van der Waals surface area (Å²) in [6.45, 7) is 0. The molecule has 0 bridgehead atoms. The van der Waals surface area contributed by atoms with Gasteiger partial charge in [-0.25, -0.2) is 4.39 Å². The highest BCUT2D eigenvalue weighted by Gasteiger charge is 2.25. The number of ketones is 2. The molecule has 4 heteroatoms. The van der Waals surface area contributed by atoms with Gasteiger partial charge in [0.05, 0.1) is 6.42 Å². The van der Waals surface area contributed by atoms with Gasteiger partial charge in [0.2, 0.25) is 0 Å². The van der Waals surface area contributed by atoms with Gasteiger partial charge < -0.3 is 5.32 Å². The Hall–Kier alpha value is -3.27. The Morgan fingerprint density at radius 3 is 1.68 bits per heavy atom. The van der Waals surface area contributed by atoms with Crippen molar-refractivity contribution in [1.82, 2.24) is 0 Å². The fraction of sp³-hybridized carbons (Fsp3) is 0.0476. The molecule has 0 fully saturated rings. The summed E-state index contributed by atoms with van der Waals surface area (Å²) in [5.74, 6) is -0.320. The molecule has 1 N–H and O–H groups in total. The Labute approximate surface area is 145 Å². The average Bonchev–Trinajstić information content (AvgIpc) is 2.93. The lowest BCUT2D eigenvalue weighted by atomic mass is 10.1. The van der Waals surface area contributed by atoms with Gasteiger partial charge in [-0.3, -0.25) is 9.59 Å². The number of hydrogen-bond acceptors (Lipinski definition) is 3. The van der Waals surface area contributed by atoms with E-state index < -0.39 is 0 Å². The van der Waals surface area contributed by atoms with Gasteiger partial charge in [-0.15, -0.1) is 0 Å². The van der Waals surface area contributed by atoms with Gasteiger partial charge in [-0.2, -0.15) is 0 Å². The molecule has 0 aliphatic heterocycles. The molecule has 124 valence electrons. The van der Waals surface area contributed by atoms with E-state index in [0.717, 1.165) is 11.4 Å². The summed E-state index contributed by atoms with van der Waals surface area (Å²) in [5, 5.41) is 3.16. The predicted octanol–water partition coefficient (Wildman–Crippen LogP) is 5.03. The van der Waals surface area contributed by atoms with Crippen LogP contribution in [0.5, 0.6) is 0 Å². The minimum Gasteiger partial charge on any atom is -0.356 e. The number of para-hydroxylation sites is 1. The van der Waals surface area contributed by atoms with Crippen LogP contribution in [-0.2, 0) is 0 Å². The highest BCUT2D eigenvalue weighted by atomic mass is 19.1. The normalized spacial score (nSPS) is 12.2. The number of benzene rings is 3. The van der Waals surface area contributed by atoms with Crippen LogP contribution in [0.25, 0.3) is 0 Å². The number of Topliss-reactive ketones (excluding diaryl/α,β-unsaturated/α-hetero) is 2. The molecule has 0 saturated carbocycles. The smallest absolute Gasteiger partial charge is 0.171 e. The third-order valence-corrected chi connectivity index (χ3v) is 3.76. The van der Waals surface area contributed by atoms with Crippen LogP contribution in [0.4, 0.5) is 15.8 Å². The SMILES string of the molecule is Fc1ccc(Nc2ccccc2)cc1.O=C1CC(=O)c2ccccc21. The summed E-state index contributed by atoms with van der Waals surface area (Å²) in [5.41, 5.74) is 3.05. The zero-order valence-corrected chi connectivity index (χ0v) is 13.4. The zero-order chi connectivity index (χ0) is 17.6. The van der Waals surface area contributed by atoms with E-state index in [4.69, 9.17) is 0 Å². The van der Waals surface area contributed by atoms with Gasteiger partial charge in [0.15, 0.2) is 11.6 Å². The fourth-order valence-electron chi connectivity index (χ4n) is 2.53. The molecule has 0 aromatic heterocycles. The Morgan fingerprint density at radius 1 is 0.640 bits per heavy atom. The molecular weight excluding hydrogens is 317 g/mol. The number of anilines is 2. The largest absolute Gasteiger partial charge is 0.356 e. The number of hydrogen-bond donors (Lipinski definition) is 1. The number of halogens is 1. The van der Waals surface area contributed by atoms with Crippen LogP contribution in [0.2, 0.25) is 0 Å². The summed E-state index contributed by atoms with van der Waals surface area (Å²) in [7, 11) is 0. The third kappa shape index (κ3) is 4.18. The standard InChI is InChI=1S/C12H10FN.C9H6O2/c13-10-6-8-12(9-7-10)14-11-4-2-1-3-5-11;10-8-5-9(11)7-4-2-1-3-6(7)8/h1-9,14H;1-4H,5H2. The second kappa shape index (κ2) is 7.53. The number of nitrogens with one attached hydrogen (secondary N) is 1. The van der Waals surface area contributed by atoms with E-state index in [0.29, 0.717) is 11.1 Å². The van der Waals surface area contributed by atoms with Crippen LogP contribution < -0.4 is 5.32 Å². The lowest BCUT2D eigenvalue weighted by molar-refractivity contribution is 0.0923. The summed E-state index contributed by atoms with van der Waals surface area (Å²) in [4.78, 5) is 22.1. The van der Waals surface area contributed by atoms with Crippen molar-refractivity contribution in [3.05, 3.63) is 95.8 Å². The number of fused-ring (bicyclic) bond motifs is 1. The van der Waals surface area contributed by atoms with Crippen LogP contribution in [0.15, 0.2) is 78.9 Å². The average molecular weight is 333 g/mol. The third-order valence-electron chi connectivity index (χ3n) is 3.76. The highest BCUT2D eigenvalue weighted by molar-refractivity contribution is 6.24. The van der Waals surface area contributed by atoms with Crippen LogP contribution in [0.3, 0.4) is 0 Å². The van der Waals surface area contributed by atoms with Gasteiger partial charge in [0.25, 0.3) is 0 Å². The molecule has 3 nitrogen and oxygen atoms in total. The zero-order valence-electron chi connectivity index (χ0n) is 13.4. The molecule has 25 heavy (non-hydrogen) atoms. The Morgan fingerprint density at radius 2 is 1.12 bits per heavy atom. The number of carbonyl (C=O) groups excluding carboxylic acids is 2. The Kier molecular flexibility index (Phi) is 5.00. The predicted molar refractivity (Wildman–Crippen MR) is 95.8 cm³/mol. The van der Waals surface area contributed by atoms with Crippen molar-refractivity contribution in [1.29, 1.82) is 0 Å². The highest BCUT2D eigenvalue weighted by Crippen LogP contribution is 2.20. The van der Waals surface area contributed by atoms with Crippen molar-refractivity contribution in [3.8, 4) is 0 Å². The molecule has 0 atom stereocenters. The van der Waals surface area contributed by atoms with Crippen molar-refractivity contribution in [2.45, 2.75) is 6.42 Å². The first-order valence-corrected chi connectivity index (χ1v) is 7.86. The number of rotatable bonds is 2. The second-order valence-corrected chi connectivity index (χ2v) is 5.57. The van der Waals surface area contributed by atoms with Crippen molar-refractivity contribution in [2.24, 2.45) is 0 Å². The van der Waals surface area contributed by atoms with Crippen molar-refractivity contribution in [3.63, 3.8) is 0 Å². The monoisotopic (exact) mass is 333 g/mol. The molecular formula is C21H16FNO2.